The van der Waals surface area contributed by atoms with E-state index in [1.165, 1.54) is 0 Å². The van der Waals surface area contributed by atoms with Gasteiger partial charge in [-0.15, -0.1) is 0 Å². The van der Waals surface area contributed by atoms with Crippen LogP contribution in [0, 0.1) is 0 Å². The first kappa shape index (κ1) is 15.5. The van der Waals surface area contributed by atoms with Crippen molar-refractivity contribution in [2.24, 2.45) is 0 Å². The number of carboxylic acid groups (broad SMARTS) is 1. The maximum atomic E-state index is 12.4. The predicted molar refractivity (Wildman–Crippen MR) is 84.6 cm³/mol. The minimum absolute atomic E-state index is 0.0257. The number of quaternary nitrogens is 1. The molecule has 2 aliphatic rings. The zero-order valence-electron chi connectivity index (χ0n) is 13.3. The number of amides is 2. The number of hydroxylamine groups is 3. The van der Waals surface area contributed by atoms with Crippen molar-refractivity contribution >= 4 is 18.0 Å². The summed E-state index contributed by atoms with van der Waals surface area (Å²) < 4.78 is -1.14. The molecule has 6 heteroatoms. The summed E-state index contributed by atoms with van der Waals surface area (Å²) in [7, 11) is 0. The normalized spacial score (nSPS) is 18.1. The lowest BCUT2D eigenvalue weighted by Crippen LogP contribution is -2.57. The number of likely N-dealkylation sites (tertiary alicyclic amines) is 1. The SMILES string of the molecule is O=C([O-])O[N+]1(CC2c3ccccc3-c3ccccc32)C(=O)CCC1=O. The highest BCUT2D eigenvalue weighted by molar-refractivity contribution is 5.92. The molecular formula is C19H15NO5. The minimum Gasteiger partial charge on any atom is -0.422 e. The fraction of sp³-hybridized carbons (Fsp3) is 0.211. The van der Waals surface area contributed by atoms with Crippen LogP contribution in [0.1, 0.15) is 29.9 Å². The molecule has 1 fully saturated rings. The maximum Gasteiger partial charge on any atom is 0.352 e. The van der Waals surface area contributed by atoms with Gasteiger partial charge in [-0.3, -0.25) is 0 Å². The molecule has 0 unspecified atom stereocenters. The Hall–Kier alpha value is -2.99. The van der Waals surface area contributed by atoms with Gasteiger partial charge < -0.3 is 14.7 Å². The lowest BCUT2D eigenvalue weighted by molar-refractivity contribution is -0.963. The molecule has 1 heterocycles. The van der Waals surface area contributed by atoms with E-state index in [4.69, 9.17) is 4.84 Å². The Morgan fingerprint density at radius 3 is 1.92 bits per heavy atom. The van der Waals surface area contributed by atoms with E-state index >= 15 is 0 Å². The molecule has 0 spiro atoms. The Labute approximate surface area is 143 Å². The number of hydrogen-bond donors (Lipinski definition) is 0. The van der Waals surface area contributed by atoms with Gasteiger partial charge in [-0.05, 0) is 22.3 Å². The molecule has 0 saturated carbocycles. The first-order valence-corrected chi connectivity index (χ1v) is 8.06. The topological polar surface area (TPSA) is 83.5 Å². The molecule has 0 bridgehead atoms. The van der Waals surface area contributed by atoms with Crippen molar-refractivity contribution < 1.29 is 29.0 Å². The molecular weight excluding hydrogens is 322 g/mol. The van der Waals surface area contributed by atoms with E-state index < -0.39 is 22.6 Å². The third-order valence-electron chi connectivity index (χ3n) is 4.99. The largest absolute Gasteiger partial charge is 0.422 e. The molecule has 1 aliphatic carbocycles. The van der Waals surface area contributed by atoms with E-state index in [1.54, 1.807) is 0 Å². The van der Waals surface area contributed by atoms with Gasteiger partial charge in [0.05, 0.1) is 18.8 Å². The number of carbonyl (C=O) groups is 3. The zero-order valence-corrected chi connectivity index (χ0v) is 13.3. The number of fused-ring (bicyclic) bond motifs is 3. The molecule has 0 radical (unpaired) electrons. The Kier molecular flexibility index (Phi) is 3.43. The summed E-state index contributed by atoms with van der Waals surface area (Å²) in [5.41, 5.74) is 3.95. The number of carbonyl (C=O) groups excluding carboxylic acids is 3. The molecule has 126 valence electrons. The molecule has 25 heavy (non-hydrogen) atoms. The molecule has 6 nitrogen and oxygen atoms in total. The highest BCUT2D eigenvalue weighted by atomic mass is 16.8. The van der Waals surface area contributed by atoms with Crippen molar-refractivity contribution in [1.82, 2.24) is 0 Å². The van der Waals surface area contributed by atoms with Crippen LogP contribution in [-0.4, -0.2) is 29.2 Å². The van der Waals surface area contributed by atoms with Crippen LogP contribution in [0.25, 0.3) is 11.1 Å². The third-order valence-corrected chi connectivity index (χ3v) is 4.99. The molecule has 0 aromatic heterocycles. The fourth-order valence-electron chi connectivity index (χ4n) is 3.90. The van der Waals surface area contributed by atoms with Crippen LogP contribution in [0.5, 0.6) is 0 Å². The smallest absolute Gasteiger partial charge is 0.352 e. The summed E-state index contributed by atoms with van der Waals surface area (Å²) in [6.07, 6.45) is -1.92. The van der Waals surface area contributed by atoms with Crippen molar-refractivity contribution in [3.63, 3.8) is 0 Å². The second-order valence-corrected chi connectivity index (χ2v) is 6.28. The van der Waals surface area contributed by atoms with Crippen LogP contribution < -0.4 is 5.11 Å². The van der Waals surface area contributed by atoms with Crippen molar-refractivity contribution in [3.05, 3.63) is 59.7 Å². The van der Waals surface area contributed by atoms with Crippen molar-refractivity contribution in [2.45, 2.75) is 18.8 Å². The van der Waals surface area contributed by atoms with E-state index in [2.05, 4.69) is 0 Å². The first-order valence-electron chi connectivity index (χ1n) is 8.06. The molecule has 2 aromatic carbocycles. The van der Waals surface area contributed by atoms with Crippen LogP contribution in [0.4, 0.5) is 4.79 Å². The second-order valence-electron chi connectivity index (χ2n) is 6.28. The van der Waals surface area contributed by atoms with E-state index in [-0.39, 0.29) is 25.3 Å². The third kappa shape index (κ3) is 2.26. The van der Waals surface area contributed by atoms with E-state index in [0.717, 1.165) is 22.3 Å². The summed E-state index contributed by atoms with van der Waals surface area (Å²) in [5.74, 6) is -1.40. The van der Waals surface area contributed by atoms with Gasteiger partial charge >= 0.3 is 18.0 Å². The summed E-state index contributed by atoms with van der Waals surface area (Å²) in [6.45, 7) is -0.0837. The van der Waals surface area contributed by atoms with Gasteiger partial charge in [0.1, 0.15) is 6.54 Å². The second kappa shape index (κ2) is 5.53. The monoisotopic (exact) mass is 337 g/mol. The molecule has 4 rings (SSSR count). The average Bonchev–Trinajstić information content (AvgIpc) is 3.06. The highest BCUT2D eigenvalue weighted by Gasteiger charge is 2.54. The number of nitrogens with zero attached hydrogens (tertiary/aromatic N) is 1. The molecule has 2 amide bonds. The summed E-state index contributed by atoms with van der Waals surface area (Å²) >= 11 is 0. The molecule has 1 saturated heterocycles. The Morgan fingerprint density at radius 2 is 1.44 bits per heavy atom. The van der Waals surface area contributed by atoms with Gasteiger partial charge in [0.2, 0.25) is 0 Å². The van der Waals surface area contributed by atoms with Gasteiger partial charge in [0.15, 0.2) is 0 Å². The van der Waals surface area contributed by atoms with Crippen LogP contribution in [-0.2, 0) is 14.4 Å². The van der Waals surface area contributed by atoms with Crippen LogP contribution in [0.3, 0.4) is 0 Å². The maximum absolute atomic E-state index is 12.4. The number of benzene rings is 2. The van der Waals surface area contributed by atoms with Crippen molar-refractivity contribution in [2.75, 3.05) is 6.54 Å². The average molecular weight is 337 g/mol. The van der Waals surface area contributed by atoms with Crippen molar-refractivity contribution in [1.29, 1.82) is 0 Å². The number of hydrogen-bond acceptors (Lipinski definition) is 5. The van der Waals surface area contributed by atoms with Gasteiger partial charge in [-0.25, -0.2) is 9.59 Å². The van der Waals surface area contributed by atoms with E-state index in [0.29, 0.717) is 0 Å². The van der Waals surface area contributed by atoms with E-state index in [9.17, 15) is 19.5 Å². The standard InChI is InChI=1S/C19H15NO5/c21-17-9-10-18(22)20(17,25-19(23)24)11-16-14-7-3-1-5-12(14)13-6-2-4-8-15(13)16/h1-8,16H,9-11H2. The van der Waals surface area contributed by atoms with Gasteiger partial charge in [-0.1, -0.05) is 53.2 Å². The Balaban J connectivity index is 1.83. The first-order chi connectivity index (χ1) is 12.0. The lowest BCUT2D eigenvalue weighted by Gasteiger charge is -2.32. The number of rotatable bonds is 3. The summed E-state index contributed by atoms with van der Waals surface area (Å²) in [6, 6.07) is 15.4. The van der Waals surface area contributed by atoms with Gasteiger partial charge in [0, 0.05) is 0 Å². The summed E-state index contributed by atoms with van der Waals surface area (Å²) in [5, 5.41) is 11.1. The minimum atomic E-state index is -1.87. The fourth-order valence-corrected chi connectivity index (χ4v) is 3.90. The summed E-state index contributed by atoms with van der Waals surface area (Å²) in [4.78, 5) is 40.6. The number of imide groups is 1. The van der Waals surface area contributed by atoms with Crippen molar-refractivity contribution in [3.8, 4) is 11.1 Å². The van der Waals surface area contributed by atoms with Gasteiger partial charge in [0.25, 0.3) is 0 Å². The van der Waals surface area contributed by atoms with Gasteiger partial charge in [-0.2, -0.15) is 0 Å². The van der Waals surface area contributed by atoms with Crippen LogP contribution >= 0.6 is 0 Å². The lowest BCUT2D eigenvalue weighted by atomic mass is 9.96. The Bertz CT molecular complexity index is 843. The Morgan fingerprint density at radius 1 is 0.960 bits per heavy atom. The quantitative estimate of drug-likeness (QED) is 0.629. The zero-order chi connectivity index (χ0) is 17.6. The molecule has 2 aromatic rings. The predicted octanol–water partition coefficient (Wildman–Crippen LogP) is 1.74. The van der Waals surface area contributed by atoms with E-state index in [1.807, 2.05) is 48.5 Å². The van der Waals surface area contributed by atoms with Crippen LogP contribution in [0.15, 0.2) is 48.5 Å². The van der Waals surface area contributed by atoms with Crippen LogP contribution in [0.2, 0.25) is 0 Å². The molecule has 0 atom stereocenters. The highest BCUT2D eigenvalue weighted by Crippen LogP contribution is 2.46. The molecule has 1 aliphatic heterocycles. The molecule has 0 N–H and O–H groups in total.